The molecule has 1 aliphatic heterocycles. The van der Waals surface area contributed by atoms with E-state index in [-0.39, 0.29) is 40.0 Å². The van der Waals surface area contributed by atoms with Gasteiger partial charge in [0.15, 0.2) is 0 Å². The van der Waals surface area contributed by atoms with Gasteiger partial charge in [-0.3, -0.25) is 4.79 Å². The van der Waals surface area contributed by atoms with E-state index >= 15 is 0 Å². The van der Waals surface area contributed by atoms with Gasteiger partial charge in [-0.25, -0.2) is 13.2 Å². The molecule has 1 saturated heterocycles. The van der Waals surface area contributed by atoms with Gasteiger partial charge in [-0.05, 0) is 26.8 Å². The molecule has 1 aromatic heterocycles. The van der Waals surface area contributed by atoms with Crippen LogP contribution in [0.25, 0.3) is 18.5 Å². The van der Waals surface area contributed by atoms with Crippen molar-refractivity contribution < 1.29 is 23.4 Å². The van der Waals surface area contributed by atoms with Crippen LogP contribution in [0.5, 0.6) is 0 Å². The molecule has 9 heteroatoms. The Balaban J connectivity index is 2.00. The Morgan fingerprint density at radius 1 is 1.27 bits per heavy atom. The first-order valence-electron chi connectivity index (χ1n) is 10.6. The normalized spacial score (nSPS) is 22.2. The molecule has 0 radical (unpaired) electrons. The number of nitrogens with zero attached hydrogens (tertiary/aromatic N) is 2. The largest absolute Gasteiger partial charge is 0.513 e. The van der Waals surface area contributed by atoms with E-state index in [1.54, 1.807) is 0 Å². The van der Waals surface area contributed by atoms with Crippen molar-refractivity contribution in [2.75, 3.05) is 13.6 Å². The summed E-state index contributed by atoms with van der Waals surface area (Å²) in [5.41, 5.74) is -0.526. The van der Waals surface area contributed by atoms with Crippen LogP contribution in [-0.4, -0.2) is 45.4 Å². The number of aromatic nitrogens is 1. The third kappa shape index (κ3) is 4.99. The van der Waals surface area contributed by atoms with Crippen LogP contribution in [0.2, 0.25) is 0 Å². The van der Waals surface area contributed by atoms with Gasteiger partial charge in [0.1, 0.15) is 29.1 Å². The van der Waals surface area contributed by atoms with Gasteiger partial charge < -0.3 is 25.0 Å². The van der Waals surface area contributed by atoms with Crippen LogP contribution in [0.4, 0.5) is 13.2 Å². The molecule has 3 rings (SSSR count). The van der Waals surface area contributed by atoms with Gasteiger partial charge in [-0.1, -0.05) is 13.2 Å². The van der Waals surface area contributed by atoms with Gasteiger partial charge in [0.25, 0.3) is 0 Å². The SMILES string of the molecule is C=C(NCc1c(F)cc(F)cc1F)c1cn(C2CN(C)C(C)CCC2O)/c(=C/O)c(=O)c1=C. The minimum absolute atomic E-state index is 0.0222. The second-order valence-electron chi connectivity index (χ2n) is 8.45. The van der Waals surface area contributed by atoms with Crippen molar-refractivity contribution in [1.29, 1.82) is 0 Å². The Morgan fingerprint density at radius 2 is 1.91 bits per heavy atom. The van der Waals surface area contributed by atoms with Crippen LogP contribution >= 0.6 is 0 Å². The first-order chi connectivity index (χ1) is 15.5. The lowest BCUT2D eigenvalue weighted by molar-refractivity contribution is 0.0993. The minimum atomic E-state index is -1.05. The third-order valence-corrected chi connectivity index (χ3v) is 6.32. The third-order valence-electron chi connectivity index (χ3n) is 6.32. The van der Waals surface area contributed by atoms with Crippen LogP contribution in [0.3, 0.4) is 0 Å². The Morgan fingerprint density at radius 3 is 2.52 bits per heavy atom. The molecule has 3 atom stereocenters. The molecule has 0 bridgehead atoms. The van der Waals surface area contributed by atoms with E-state index in [0.29, 0.717) is 31.4 Å². The number of halogens is 3. The van der Waals surface area contributed by atoms with Crippen molar-refractivity contribution in [3.63, 3.8) is 0 Å². The highest BCUT2D eigenvalue weighted by atomic mass is 19.1. The molecule has 1 aliphatic rings. The molecular weight excluding hydrogens is 435 g/mol. The molecule has 3 unspecified atom stereocenters. The van der Waals surface area contributed by atoms with Crippen LogP contribution in [0.1, 0.15) is 36.9 Å². The van der Waals surface area contributed by atoms with E-state index in [2.05, 4.69) is 23.4 Å². The summed E-state index contributed by atoms with van der Waals surface area (Å²) in [7, 11) is 1.92. The summed E-state index contributed by atoms with van der Waals surface area (Å²) in [5, 5.41) is 23.3. The number of likely N-dealkylation sites (N-methyl/N-ethyl adjacent to an activating group) is 1. The van der Waals surface area contributed by atoms with Crippen molar-refractivity contribution >= 4 is 18.5 Å². The number of pyridine rings is 1. The fourth-order valence-corrected chi connectivity index (χ4v) is 4.07. The first-order valence-corrected chi connectivity index (χ1v) is 10.6. The zero-order chi connectivity index (χ0) is 24.4. The molecule has 6 nitrogen and oxygen atoms in total. The van der Waals surface area contributed by atoms with E-state index < -0.39 is 35.0 Å². The van der Waals surface area contributed by atoms with Crippen molar-refractivity contribution in [2.24, 2.45) is 0 Å². The minimum Gasteiger partial charge on any atom is -0.513 e. The topological polar surface area (TPSA) is 77.7 Å². The fraction of sp³-hybridized carbons (Fsp3) is 0.375. The highest BCUT2D eigenvalue weighted by Crippen LogP contribution is 2.24. The van der Waals surface area contributed by atoms with Gasteiger partial charge >= 0.3 is 0 Å². The number of rotatable bonds is 5. The van der Waals surface area contributed by atoms with Crippen LogP contribution < -0.4 is 21.3 Å². The van der Waals surface area contributed by atoms with Crippen molar-refractivity contribution in [3.05, 3.63) is 74.3 Å². The van der Waals surface area contributed by atoms with Gasteiger partial charge in [0.05, 0.1) is 12.1 Å². The standard InChI is InChI=1S/C24H28F3N3O3/c1-13-5-6-23(32)21(11-29(13)4)30-10-18(14(2)24(33)22(30)12-31)15(3)28-9-17-19(26)7-16(25)8-20(17)27/h7-8,10,12-13,21,23,28,31-32H,2-3,5-6,9,11H2,1,4H3/b22-12+. The average Bonchev–Trinajstić information content (AvgIpc) is 2.87. The highest BCUT2D eigenvalue weighted by molar-refractivity contribution is 5.61. The van der Waals surface area contributed by atoms with E-state index in [9.17, 15) is 28.2 Å². The second kappa shape index (κ2) is 9.84. The molecule has 33 heavy (non-hydrogen) atoms. The summed E-state index contributed by atoms with van der Waals surface area (Å²) in [6.45, 7) is 9.76. The Kier molecular flexibility index (Phi) is 7.34. The zero-order valence-electron chi connectivity index (χ0n) is 18.6. The smallest absolute Gasteiger partial charge is 0.212 e. The maximum Gasteiger partial charge on any atom is 0.212 e. The van der Waals surface area contributed by atoms with Crippen LogP contribution in [-0.2, 0) is 6.54 Å². The molecule has 2 heterocycles. The lowest BCUT2D eigenvalue weighted by Gasteiger charge is -2.29. The Hall–Kier alpha value is -3.04. The highest BCUT2D eigenvalue weighted by Gasteiger charge is 2.29. The fourth-order valence-electron chi connectivity index (χ4n) is 4.07. The second-order valence-corrected chi connectivity index (χ2v) is 8.45. The van der Waals surface area contributed by atoms with Crippen LogP contribution in [0, 0.1) is 17.5 Å². The molecule has 0 saturated carbocycles. The summed E-state index contributed by atoms with van der Waals surface area (Å²) in [6, 6.07) is 0.847. The molecule has 1 aromatic carbocycles. The molecule has 178 valence electrons. The zero-order valence-corrected chi connectivity index (χ0v) is 18.6. The van der Waals surface area contributed by atoms with Crippen LogP contribution in [0.15, 0.2) is 29.7 Å². The Labute approximate surface area is 189 Å². The van der Waals surface area contributed by atoms with E-state index in [1.165, 1.54) is 10.8 Å². The summed E-state index contributed by atoms with van der Waals surface area (Å²) in [4.78, 5) is 15.0. The number of hydrogen-bond donors (Lipinski definition) is 3. The van der Waals surface area contributed by atoms with Gasteiger partial charge in [-0.2, -0.15) is 0 Å². The lowest BCUT2D eigenvalue weighted by Crippen LogP contribution is -2.50. The molecular formula is C24H28F3N3O3. The van der Waals surface area contributed by atoms with Crippen molar-refractivity contribution in [1.82, 2.24) is 14.8 Å². The average molecular weight is 464 g/mol. The maximum atomic E-state index is 14.0. The molecule has 0 aliphatic carbocycles. The summed E-state index contributed by atoms with van der Waals surface area (Å²) >= 11 is 0. The van der Waals surface area contributed by atoms with Gasteiger partial charge in [0, 0.05) is 59.5 Å². The van der Waals surface area contributed by atoms with E-state index in [1.807, 2.05) is 14.0 Å². The maximum absolute atomic E-state index is 14.0. The molecule has 0 spiro atoms. The predicted molar refractivity (Wildman–Crippen MR) is 121 cm³/mol. The number of aliphatic hydroxyl groups excluding tert-OH is 2. The summed E-state index contributed by atoms with van der Waals surface area (Å²) in [6.07, 6.45) is 2.72. The van der Waals surface area contributed by atoms with Gasteiger partial charge in [-0.15, -0.1) is 0 Å². The number of nitrogens with one attached hydrogen (secondary N) is 1. The summed E-state index contributed by atoms with van der Waals surface area (Å²) < 4.78 is 42.6. The molecule has 0 amide bonds. The molecule has 2 aromatic rings. The van der Waals surface area contributed by atoms with Gasteiger partial charge in [0.2, 0.25) is 5.43 Å². The number of likely N-dealkylation sites (tertiary alicyclic amines) is 1. The lowest BCUT2D eigenvalue weighted by atomic mass is 10.0. The van der Waals surface area contributed by atoms with E-state index in [4.69, 9.17) is 0 Å². The van der Waals surface area contributed by atoms with Crippen molar-refractivity contribution in [2.45, 2.75) is 44.5 Å². The monoisotopic (exact) mass is 463 g/mol. The number of aliphatic hydroxyl groups is 2. The number of hydrogen-bond acceptors (Lipinski definition) is 5. The first kappa shape index (κ1) is 24.6. The quantitative estimate of drug-likeness (QED) is 0.630. The Bertz CT molecular complexity index is 1200. The predicted octanol–water partition coefficient (Wildman–Crippen LogP) is 1.75. The molecule has 1 fully saturated rings. The number of benzene rings is 1. The summed E-state index contributed by atoms with van der Waals surface area (Å²) in [5.74, 6) is -3.13. The molecule has 3 N–H and O–H groups in total. The van der Waals surface area contributed by atoms with E-state index in [0.717, 1.165) is 6.42 Å². The van der Waals surface area contributed by atoms with Crippen molar-refractivity contribution in [3.8, 4) is 0 Å².